The third kappa shape index (κ3) is 2.56. The maximum absolute atomic E-state index is 13.1. The third-order valence-corrected chi connectivity index (χ3v) is 3.69. The van der Waals surface area contributed by atoms with Gasteiger partial charge in [-0.1, -0.05) is 0 Å². The van der Waals surface area contributed by atoms with E-state index in [1.807, 2.05) is 4.57 Å². The summed E-state index contributed by atoms with van der Waals surface area (Å²) in [5.74, 6) is 0.157. The first-order chi connectivity index (χ1) is 9.24. The molecule has 19 heavy (non-hydrogen) atoms. The molecule has 1 fully saturated rings. The molecule has 2 heterocycles. The summed E-state index contributed by atoms with van der Waals surface area (Å²) in [6, 6.07) is 4.59. The van der Waals surface area contributed by atoms with Gasteiger partial charge in [-0.2, -0.15) is 0 Å². The van der Waals surface area contributed by atoms with Crippen molar-refractivity contribution in [2.24, 2.45) is 0 Å². The predicted molar refractivity (Wildman–Crippen MR) is 72.3 cm³/mol. The van der Waals surface area contributed by atoms with Crippen LogP contribution in [-0.2, 0) is 11.3 Å². The number of hydrogen-bond acceptors (Lipinski definition) is 3. The van der Waals surface area contributed by atoms with Crippen molar-refractivity contribution in [3.8, 4) is 0 Å². The Morgan fingerprint density at radius 3 is 3.11 bits per heavy atom. The first kappa shape index (κ1) is 12.4. The second-order valence-corrected chi connectivity index (χ2v) is 5.03. The molecule has 2 aromatic rings. The minimum Gasteiger partial charge on any atom is -0.378 e. The second kappa shape index (κ2) is 5.17. The number of halogens is 1. The van der Waals surface area contributed by atoms with Crippen LogP contribution in [-0.4, -0.2) is 22.3 Å². The molecule has 4 nitrogen and oxygen atoms in total. The van der Waals surface area contributed by atoms with Gasteiger partial charge in [-0.3, -0.25) is 0 Å². The minimum atomic E-state index is -0.284. The Labute approximate surface area is 111 Å². The fourth-order valence-corrected chi connectivity index (χ4v) is 2.66. The van der Waals surface area contributed by atoms with Crippen molar-refractivity contribution in [3.63, 3.8) is 0 Å². The molecule has 1 aromatic heterocycles. The zero-order chi connectivity index (χ0) is 13.2. The quantitative estimate of drug-likeness (QED) is 0.926. The fraction of sp³-hybridized carbons (Fsp3) is 0.500. The first-order valence-corrected chi connectivity index (χ1v) is 6.77. The van der Waals surface area contributed by atoms with Crippen LogP contribution in [0.1, 0.15) is 25.7 Å². The van der Waals surface area contributed by atoms with E-state index in [9.17, 15) is 4.39 Å². The maximum Gasteiger partial charge on any atom is 0.201 e. The number of nitrogen functional groups attached to an aromatic ring is 1. The lowest BCUT2D eigenvalue weighted by atomic mass is 10.1. The van der Waals surface area contributed by atoms with E-state index in [-0.39, 0.29) is 5.82 Å². The highest BCUT2D eigenvalue weighted by molar-refractivity contribution is 5.78. The average Bonchev–Trinajstić information content (AvgIpc) is 2.72. The zero-order valence-electron chi connectivity index (χ0n) is 10.8. The molecule has 1 unspecified atom stereocenters. The maximum atomic E-state index is 13.1. The molecule has 0 radical (unpaired) electrons. The summed E-state index contributed by atoms with van der Waals surface area (Å²) < 4.78 is 20.8. The molecule has 0 amide bonds. The molecule has 0 spiro atoms. The molecular formula is C14H18FN3O. The number of aromatic nitrogens is 2. The minimum absolute atomic E-state index is 0.284. The topological polar surface area (TPSA) is 53.1 Å². The van der Waals surface area contributed by atoms with Gasteiger partial charge in [-0.25, -0.2) is 9.37 Å². The molecule has 1 aliphatic rings. The van der Waals surface area contributed by atoms with E-state index in [1.54, 1.807) is 6.07 Å². The number of benzene rings is 1. The van der Waals surface area contributed by atoms with Crippen LogP contribution in [0.4, 0.5) is 10.3 Å². The molecule has 102 valence electrons. The summed E-state index contributed by atoms with van der Waals surface area (Å²) >= 11 is 0. The Bertz CT molecular complexity index is 575. The highest BCUT2D eigenvalue weighted by Gasteiger charge is 2.15. The number of anilines is 1. The Morgan fingerprint density at radius 1 is 1.42 bits per heavy atom. The largest absolute Gasteiger partial charge is 0.378 e. The van der Waals surface area contributed by atoms with E-state index in [0.717, 1.165) is 37.9 Å². The van der Waals surface area contributed by atoms with Crippen LogP contribution in [0, 0.1) is 5.82 Å². The number of ether oxygens (including phenoxy) is 1. The van der Waals surface area contributed by atoms with Crippen LogP contribution in [0.15, 0.2) is 18.2 Å². The normalized spacial score (nSPS) is 19.9. The summed E-state index contributed by atoms with van der Waals surface area (Å²) in [5.41, 5.74) is 7.40. The molecule has 1 saturated heterocycles. The molecular weight excluding hydrogens is 245 g/mol. The summed E-state index contributed by atoms with van der Waals surface area (Å²) in [6.07, 6.45) is 4.74. The van der Waals surface area contributed by atoms with Gasteiger partial charge < -0.3 is 15.0 Å². The third-order valence-electron chi connectivity index (χ3n) is 3.69. The van der Waals surface area contributed by atoms with Crippen molar-refractivity contribution in [2.75, 3.05) is 12.3 Å². The van der Waals surface area contributed by atoms with Crippen LogP contribution >= 0.6 is 0 Å². The number of fused-ring (bicyclic) bond motifs is 1. The fourth-order valence-electron chi connectivity index (χ4n) is 2.66. The Balaban J connectivity index is 1.78. The van der Waals surface area contributed by atoms with E-state index < -0.39 is 0 Å². The predicted octanol–water partition coefficient (Wildman–Crippen LogP) is 2.72. The van der Waals surface area contributed by atoms with Crippen molar-refractivity contribution < 1.29 is 9.13 Å². The number of aryl methyl sites for hydroxylation is 1. The Hall–Kier alpha value is -1.62. The number of rotatable bonds is 3. The molecule has 5 heteroatoms. The van der Waals surface area contributed by atoms with Gasteiger partial charge in [-0.15, -0.1) is 0 Å². The van der Waals surface area contributed by atoms with Crippen molar-refractivity contribution in [3.05, 3.63) is 24.0 Å². The Morgan fingerprint density at radius 2 is 2.32 bits per heavy atom. The van der Waals surface area contributed by atoms with E-state index in [1.165, 1.54) is 18.6 Å². The lowest BCUT2D eigenvalue weighted by Gasteiger charge is -2.22. The summed E-state index contributed by atoms with van der Waals surface area (Å²) in [5, 5.41) is 0. The van der Waals surface area contributed by atoms with Gasteiger partial charge in [0, 0.05) is 19.2 Å². The van der Waals surface area contributed by atoms with Crippen LogP contribution in [0.2, 0.25) is 0 Å². The van der Waals surface area contributed by atoms with E-state index in [4.69, 9.17) is 10.5 Å². The molecule has 1 aliphatic heterocycles. The smallest absolute Gasteiger partial charge is 0.201 e. The van der Waals surface area contributed by atoms with Gasteiger partial charge >= 0.3 is 0 Å². The summed E-state index contributed by atoms with van der Waals surface area (Å²) in [7, 11) is 0. The highest BCUT2D eigenvalue weighted by atomic mass is 19.1. The van der Waals surface area contributed by atoms with Crippen molar-refractivity contribution in [1.82, 2.24) is 9.55 Å². The summed E-state index contributed by atoms with van der Waals surface area (Å²) in [4.78, 5) is 4.20. The molecule has 2 N–H and O–H groups in total. The van der Waals surface area contributed by atoms with E-state index in [2.05, 4.69) is 4.98 Å². The number of nitrogens with two attached hydrogens (primary N) is 1. The van der Waals surface area contributed by atoms with Crippen molar-refractivity contribution in [1.29, 1.82) is 0 Å². The molecule has 0 bridgehead atoms. The lowest BCUT2D eigenvalue weighted by molar-refractivity contribution is 0.00906. The Kier molecular flexibility index (Phi) is 3.38. The monoisotopic (exact) mass is 263 g/mol. The lowest BCUT2D eigenvalue weighted by Crippen LogP contribution is -2.21. The van der Waals surface area contributed by atoms with E-state index in [0.29, 0.717) is 17.6 Å². The zero-order valence-corrected chi connectivity index (χ0v) is 10.8. The van der Waals surface area contributed by atoms with Crippen molar-refractivity contribution in [2.45, 2.75) is 38.3 Å². The van der Waals surface area contributed by atoms with Gasteiger partial charge in [0.05, 0.1) is 17.1 Å². The SMILES string of the molecule is Nc1nc2cc(F)ccc2n1CCC1CCCCO1. The summed E-state index contributed by atoms with van der Waals surface area (Å²) in [6.45, 7) is 1.62. The highest BCUT2D eigenvalue weighted by Crippen LogP contribution is 2.22. The van der Waals surface area contributed by atoms with Crippen LogP contribution in [0.5, 0.6) is 0 Å². The van der Waals surface area contributed by atoms with Gasteiger partial charge in [0.1, 0.15) is 5.82 Å². The molecule has 0 saturated carbocycles. The molecule has 0 aliphatic carbocycles. The first-order valence-electron chi connectivity index (χ1n) is 6.77. The van der Waals surface area contributed by atoms with Crippen molar-refractivity contribution >= 4 is 17.0 Å². The van der Waals surface area contributed by atoms with Gasteiger partial charge in [0.2, 0.25) is 5.95 Å². The van der Waals surface area contributed by atoms with Crippen LogP contribution in [0.3, 0.4) is 0 Å². The number of nitrogens with zero attached hydrogens (tertiary/aromatic N) is 2. The second-order valence-electron chi connectivity index (χ2n) is 5.03. The molecule has 1 aromatic carbocycles. The molecule has 1 atom stereocenters. The average molecular weight is 263 g/mol. The van der Waals surface area contributed by atoms with Crippen LogP contribution < -0.4 is 5.73 Å². The van der Waals surface area contributed by atoms with Crippen LogP contribution in [0.25, 0.3) is 11.0 Å². The number of imidazole rings is 1. The standard InChI is InChI=1S/C14H18FN3O/c15-10-4-5-13-12(9-10)17-14(16)18(13)7-6-11-3-1-2-8-19-11/h4-5,9,11H,1-3,6-8H2,(H2,16,17). The number of hydrogen-bond donors (Lipinski definition) is 1. The van der Waals surface area contributed by atoms with Gasteiger partial charge in [0.25, 0.3) is 0 Å². The van der Waals surface area contributed by atoms with E-state index >= 15 is 0 Å². The van der Waals surface area contributed by atoms with Gasteiger partial charge in [0.15, 0.2) is 0 Å². The molecule has 3 rings (SSSR count). The van der Waals surface area contributed by atoms with Gasteiger partial charge in [-0.05, 0) is 37.8 Å².